The highest BCUT2D eigenvalue weighted by molar-refractivity contribution is 5.56. The van der Waals surface area contributed by atoms with Crippen molar-refractivity contribution in [2.24, 2.45) is 0 Å². The molecule has 1 aliphatic rings. The second-order valence-electron chi connectivity index (χ2n) is 5.95. The number of aliphatic hydroxyl groups excluding tert-OH is 1. The van der Waals surface area contributed by atoms with Crippen LogP contribution in [-0.2, 0) is 6.54 Å². The Labute approximate surface area is 139 Å². The summed E-state index contributed by atoms with van der Waals surface area (Å²) < 4.78 is 5.33. The Morgan fingerprint density at radius 2 is 2.17 bits per heavy atom. The van der Waals surface area contributed by atoms with E-state index in [0.29, 0.717) is 29.9 Å². The van der Waals surface area contributed by atoms with Crippen molar-refractivity contribution in [3.63, 3.8) is 0 Å². The number of hydrogen-bond donors (Lipinski definition) is 1. The maximum absolute atomic E-state index is 10.7. The molecule has 0 spiro atoms. The molecule has 3 rings (SSSR count). The van der Waals surface area contributed by atoms with E-state index in [2.05, 4.69) is 15.0 Å². The van der Waals surface area contributed by atoms with Crippen molar-refractivity contribution in [3.8, 4) is 11.4 Å². The molecule has 1 unspecified atom stereocenters. The minimum absolute atomic E-state index is 0.0336. The number of nitro benzene ring substituents is 1. The van der Waals surface area contributed by atoms with E-state index in [1.807, 2.05) is 0 Å². The Bertz CT molecular complexity index is 686. The van der Waals surface area contributed by atoms with Gasteiger partial charge < -0.3 is 9.63 Å². The molecule has 1 aromatic carbocycles. The average molecular weight is 332 g/mol. The first-order chi connectivity index (χ1) is 11.7. The molecule has 1 aliphatic heterocycles. The van der Waals surface area contributed by atoms with Crippen molar-refractivity contribution in [2.75, 3.05) is 13.2 Å². The lowest BCUT2D eigenvalue weighted by Gasteiger charge is -2.22. The molecule has 2 heterocycles. The molecule has 1 N–H and O–H groups in total. The van der Waals surface area contributed by atoms with Crippen LogP contribution in [0.2, 0.25) is 0 Å². The van der Waals surface area contributed by atoms with Crippen LogP contribution in [0.25, 0.3) is 11.4 Å². The molecular formula is C16H20N4O4. The molecule has 128 valence electrons. The molecule has 1 saturated heterocycles. The van der Waals surface area contributed by atoms with Gasteiger partial charge in [0.05, 0.1) is 11.5 Å². The smallest absolute Gasteiger partial charge is 0.269 e. The van der Waals surface area contributed by atoms with Gasteiger partial charge in [0.25, 0.3) is 5.69 Å². The number of aromatic nitrogens is 2. The summed E-state index contributed by atoms with van der Waals surface area (Å²) >= 11 is 0. The van der Waals surface area contributed by atoms with E-state index in [1.54, 1.807) is 12.1 Å². The lowest BCUT2D eigenvalue weighted by atomic mass is 10.1. The fourth-order valence-corrected chi connectivity index (χ4v) is 3.10. The Morgan fingerprint density at radius 3 is 2.88 bits per heavy atom. The largest absolute Gasteiger partial charge is 0.396 e. The molecule has 0 amide bonds. The summed E-state index contributed by atoms with van der Waals surface area (Å²) in [5, 5.41) is 23.6. The highest BCUT2D eigenvalue weighted by Crippen LogP contribution is 2.24. The van der Waals surface area contributed by atoms with Crippen LogP contribution in [0.3, 0.4) is 0 Å². The van der Waals surface area contributed by atoms with Gasteiger partial charge in [-0.3, -0.25) is 15.0 Å². The first kappa shape index (κ1) is 16.5. The SMILES string of the molecule is O=[N+]([O-])c1ccc(-c2noc(CN3CCCC3CCCO)n2)cc1. The van der Waals surface area contributed by atoms with Gasteiger partial charge in [-0.2, -0.15) is 4.98 Å². The fraction of sp³-hybridized carbons (Fsp3) is 0.500. The maximum Gasteiger partial charge on any atom is 0.269 e. The van der Waals surface area contributed by atoms with E-state index in [-0.39, 0.29) is 12.3 Å². The van der Waals surface area contributed by atoms with Crippen molar-refractivity contribution in [3.05, 3.63) is 40.3 Å². The molecule has 0 bridgehead atoms. The van der Waals surface area contributed by atoms with Crippen molar-refractivity contribution in [2.45, 2.75) is 38.3 Å². The number of aliphatic hydroxyl groups is 1. The monoisotopic (exact) mass is 332 g/mol. The third-order valence-corrected chi connectivity index (χ3v) is 4.34. The zero-order valence-corrected chi connectivity index (χ0v) is 13.3. The molecule has 0 saturated carbocycles. The third-order valence-electron chi connectivity index (χ3n) is 4.34. The second-order valence-corrected chi connectivity index (χ2v) is 5.95. The van der Waals surface area contributed by atoms with Crippen molar-refractivity contribution < 1.29 is 14.6 Å². The van der Waals surface area contributed by atoms with E-state index in [1.165, 1.54) is 12.1 Å². The summed E-state index contributed by atoms with van der Waals surface area (Å²) in [7, 11) is 0. The number of nitrogens with zero attached hydrogens (tertiary/aromatic N) is 4. The van der Waals surface area contributed by atoms with E-state index >= 15 is 0 Å². The summed E-state index contributed by atoms with van der Waals surface area (Å²) in [6.07, 6.45) is 4.04. The lowest BCUT2D eigenvalue weighted by molar-refractivity contribution is -0.384. The molecule has 0 radical (unpaired) electrons. The zero-order valence-electron chi connectivity index (χ0n) is 13.3. The first-order valence-corrected chi connectivity index (χ1v) is 8.09. The number of rotatable bonds is 7. The van der Waals surface area contributed by atoms with Crippen LogP contribution in [0.5, 0.6) is 0 Å². The summed E-state index contributed by atoms with van der Waals surface area (Å²) in [6.45, 7) is 1.80. The minimum atomic E-state index is -0.439. The normalized spacial score (nSPS) is 18.1. The van der Waals surface area contributed by atoms with Crippen molar-refractivity contribution in [1.82, 2.24) is 15.0 Å². The van der Waals surface area contributed by atoms with Crippen molar-refractivity contribution >= 4 is 5.69 Å². The second kappa shape index (κ2) is 7.50. The standard InChI is InChI=1S/C16H20N4O4/c21-10-2-4-13-3-1-9-19(13)11-15-17-16(18-24-15)12-5-7-14(8-6-12)20(22)23/h5-8,13,21H,1-4,9-11H2. The van der Waals surface area contributed by atoms with Crippen LogP contribution < -0.4 is 0 Å². The summed E-state index contributed by atoms with van der Waals surface area (Å²) in [4.78, 5) is 17.0. The van der Waals surface area contributed by atoms with Crippen molar-refractivity contribution in [1.29, 1.82) is 0 Å². The van der Waals surface area contributed by atoms with E-state index in [0.717, 1.165) is 32.2 Å². The summed E-state index contributed by atoms with van der Waals surface area (Å²) in [5.74, 6) is 0.977. The molecule has 8 heteroatoms. The molecule has 2 aromatic rings. The summed E-state index contributed by atoms with van der Waals surface area (Å²) in [6, 6.07) is 6.54. The van der Waals surface area contributed by atoms with Crippen LogP contribution >= 0.6 is 0 Å². The maximum atomic E-state index is 10.7. The van der Waals surface area contributed by atoms with Gasteiger partial charge in [-0.25, -0.2) is 0 Å². The minimum Gasteiger partial charge on any atom is -0.396 e. The Hall–Kier alpha value is -2.32. The van der Waals surface area contributed by atoms with Gasteiger partial charge in [0.15, 0.2) is 0 Å². The van der Waals surface area contributed by atoms with E-state index in [9.17, 15) is 10.1 Å². The van der Waals surface area contributed by atoms with E-state index < -0.39 is 4.92 Å². The molecule has 1 aromatic heterocycles. The predicted octanol–water partition coefficient (Wildman–Crippen LogP) is 2.38. The molecule has 8 nitrogen and oxygen atoms in total. The van der Waals surface area contributed by atoms with Crippen LogP contribution in [0.15, 0.2) is 28.8 Å². The first-order valence-electron chi connectivity index (χ1n) is 8.09. The van der Waals surface area contributed by atoms with Gasteiger partial charge in [0.2, 0.25) is 11.7 Å². The lowest BCUT2D eigenvalue weighted by Crippen LogP contribution is -2.29. The van der Waals surface area contributed by atoms with Gasteiger partial charge >= 0.3 is 0 Å². The number of likely N-dealkylation sites (tertiary alicyclic amines) is 1. The number of non-ortho nitro benzene ring substituents is 1. The Kier molecular flexibility index (Phi) is 5.17. The number of nitro groups is 1. The predicted molar refractivity (Wildman–Crippen MR) is 86.1 cm³/mol. The van der Waals surface area contributed by atoms with Gasteiger partial charge in [-0.15, -0.1) is 0 Å². The van der Waals surface area contributed by atoms with Gasteiger partial charge in [-0.05, 0) is 44.4 Å². The average Bonchev–Trinajstić information content (AvgIpc) is 3.23. The molecular weight excluding hydrogens is 312 g/mol. The Morgan fingerprint density at radius 1 is 1.38 bits per heavy atom. The quantitative estimate of drug-likeness (QED) is 0.613. The van der Waals surface area contributed by atoms with Crippen LogP contribution in [-0.4, -0.2) is 44.3 Å². The topological polar surface area (TPSA) is 106 Å². The number of benzene rings is 1. The summed E-state index contributed by atoms with van der Waals surface area (Å²) in [5.41, 5.74) is 0.722. The highest BCUT2D eigenvalue weighted by Gasteiger charge is 2.25. The van der Waals surface area contributed by atoms with Gasteiger partial charge in [0, 0.05) is 30.3 Å². The fourth-order valence-electron chi connectivity index (χ4n) is 3.10. The zero-order chi connectivity index (χ0) is 16.9. The number of hydrogen-bond acceptors (Lipinski definition) is 7. The molecule has 24 heavy (non-hydrogen) atoms. The van der Waals surface area contributed by atoms with Gasteiger partial charge in [0.1, 0.15) is 0 Å². The molecule has 0 aliphatic carbocycles. The van der Waals surface area contributed by atoms with Gasteiger partial charge in [-0.1, -0.05) is 5.16 Å². The highest BCUT2D eigenvalue weighted by atomic mass is 16.6. The van der Waals surface area contributed by atoms with Crippen LogP contribution in [0.4, 0.5) is 5.69 Å². The van der Waals surface area contributed by atoms with Crippen LogP contribution in [0.1, 0.15) is 31.6 Å². The molecule has 1 fully saturated rings. The van der Waals surface area contributed by atoms with Crippen LogP contribution in [0, 0.1) is 10.1 Å². The van der Waals surface area contributed by atoms with E-state index in [4.69, 9.17) is 9.63 Å². The Balaban J connectivity index is 1.66. The molecule has 1 atom stereocenters. The third kappa shape index (κ3) is 3.77.